The van der Waals surface area contributed by atoms with Crippen molar-refractivity contribution in [1.82, 2.24) is 14.8 Å². The second-order valence-electron chi connectivity index (χ2n) is 8.20. The van der Waals surface area contributed by atoms with Crippen molar-refractivity contribution in [1.29, 1.82) is 0 Å². The van der Waals surface area contributed by atoms with E-state index in [0.717, 1.165) is 17.3 Å². The third kappa shape index (κ3) is 5.05. The third-order valence-corrected chi connectivity index (χ3v) is 5.96. The van der Waals surface area contributed by atoms with Crippen molar-refractivity contribution in [3.05, 3.63) is 107 Å². The Kier molecular flexibility index (Phi) is 6.66. The quantitative estimate of drug-likeness (QED) is 0.281. The highest BCUT2D eigenvalue weighted by Crippen LogP contribution is 2.29. The Bertz CT molecular complexity index is 1620. The van der Waals surface area contributed by atoms with Gasteiger partial charge in [0.2, 0.25) is 0 Å². The molecule has 1 amide bonds. The fourth-order valence-corrected chi connectivity index (χ4v) is 4.16. The molecule has 0 fully saturated rings. The Balaban J connectivity index is 1.49. The minimum atomic E-state index is -0.708. The summed E-state index contributed by atoms with van der Waals surface area (Å²) in [5.74, 6) is -1.86. The van der Waals surface area contributed by atoms with Crippen molar-refractivity contribution in [2.45, 2.75) is 6.92 Å². The summed E-state index contributed by atoms with van der Waals surface area (Å²) in [6, 6.07) is 24.1. The van der Waals surface area contributed by atoms with Crippen LogP contribution in [0.4, 0.5) is 10.1 Å². The minimum Gasteiger partial charge on any atom is -0.452 e. The summed E-state index contributed by atoms with van der Waals surface area (Å²) in [7, 11) is 0. The van der Waals surface area contributed by atoms with Gasteiger partial charge >= 0.3 is 5.97 Å². The Morgan fingerprint density at radius 3 is 2.41 bits per heavy atom. The van der Waals surface area contributed by atoms with Gasteiger partial charge in [0.1, 0.15) is 5.82 Å². The van der Waals surface area contributed by atoms with Gasteiger partial charge in [-0.2, -0.15) is 5.10 Å². The Hall–Kier alpha value is -4.56. The summed E-state index contributed by atoms with van der Waals surface area (Å²) in [5.41, 5.74) is 3.66. The predicted octanol–water partition coefficient (Wildman–Crippen LogP) is 5.98. The number of nitrogens with one attached hydrogen (secondary N) is 1. The fourth-order valence-electron chi connectivity index (χ4n) is 3.94. The number of amides is 1. The summed E-state index contributed by atoms with van der Waals surface area (Å²) in [6.45, 7) is 1.22. The molecule has 0 saturated carbocycles. The van der Waals surface area contributed by atoms with Crippen LogP contribution < -0.4 is 5.32 Å². The molecule has 0 aliphatic rings. The first kappa shape index (κ1) is 24.1. The molecule has 1 N–H and O–H groups in total. The van der Waals surface area contributed by atoms with E-state index in [2.05, 4.69) is 10.4 Å². The van der Waals surface area contributed by atoms with Crippen LogP contribution in [-0.4, -0.2) is 33.2 Å². The summed E-state index contributed by atoms with van der Waals surface area (Å²) < 4.78 is 20.3. The number of carbonyl (C=O) groups is 2. The monoisotopic (exact) mass is 514 g/mol. The highest BCUT2D eigenvalue weighted by atomic mass is 35.5. The smallest absolute Gasteiger partial charge is 0.339 e. The van der Waals surface area contributed by atoms with E-state index in [1.807, 2.05) is 60.7 Å². The summed E-state index contributed by atoms with van der Waals surface area (Å²) in [4.78, 5) is 30.5. The number of esters is 1. The highest BCUT2D eigenvalue weighted by molar-refractivity contribution is 6.33. The minimum absolute atomic E-state index is 0.0342. The average molecular weight is 515 g/mol. The molecule has 2 aromatic heterocycles. The largest absolute Gasteiger partial charge is 0.452 e. The molecule has 3 aromatic carbocycles. The van der Waals surface area contributed by atoms with E-state index >= 15 is 0 Å². The molecule has 184 valence electrons. The maximum atomic E-state index is 13.3. The molecule has 0 atom stereocenters. The number of hydrogen-bond donors (Lipinski definition) is 1. The second kappa shape index (κ2) is 10.2. The molecule has 5 rings (SSSR count). The maximum absolute atomic E-state index is 13.3. The number of aromatic nitrogens is 3. The van der Waals surface area contributed by atoms with E-state index in [9.17, 15) is 14.0 Å². The normalized spacial score (nSPS) is 10.9. The number of aryl methyl sites for hydroxylation is 1. The van der Waals surface area contributed by atoms with Gasteiger partial charge in [-0.1, -0.05) is 60.1 Å². The number of pyridine rings is 1. The van der Waals surface area contributed by atoms with E-state index < -0.39 is 24.3 Å². The van der Waals surface area contributed by atoms with Crippen LogP contribution in [0.1, 0.15) is 16.1 Å². The first-order valence-corrected chi connectivity index (χ1v) is 11.7. The van der Waals surface area contributed by atoms with Crippen LogP contribution in [0.3, 0.4) is 0 Å². The number of halogens is 2. The summed E-state index contributed by atoms with van der Waals surface area (Å²) in [5, 5.41) is 7.70. The topological polar surface area (TPSA) is 86.1 Å². The number of anilines is 1. The van der Waals surface area contributed by atoms with Gasteiger partial charge in [0.05, 0.1) is 38.7 Å². The fraction of sp³-hybridized carbons (Fsp3) is 0.0714. The lowest BCUT2D eigenvalue weighted by molar-refractivity contribution is -0.119. The van der Waals surface area contributed by atoms with Gasteiger partial charge in [-0.25, -0.2) is 18.9 Å². The molecule has 0 radical (unpaired) electrons. The predicted molar refractivity (Wildman–Crippen MR) is 139 cm³/mol. The van der Waals surface area contributed by atoms with E-state index in [1.54, 1.807) is 17.7 Å². The molecular formula is C28H20ClFN4O3. The first-order chi connectivity index (χ1) is 17.9. The average Bonchev–Trinajstić information content (AvgIpc) is 3.25. The molecule has 2 heterocycles. The Morgan fingerprint density at radius 1 is 1.00 bits per heavy atom. The van der Waals surface area contributed by atoms with Crippen molar-refractivity contribution in [2.24, 2.45) is 0 Å². The number of ether oxygens (including phenoxy) is 1. The number of carbonyl (C=O) groups excluding carboxylic acids is 2. The van der Waals surface area contributed by atoms with E-state index in [1.165, 1.54) is 12.1 Å². The molecule has 37 heavy (non-hydrogen) atoms. The lowest BCUT2D eigenvalue weighted by Crippen LogP contribution is -2.21. The number of rotatable bonds is 6. The zero-order valence-electron chi connectivity index (χ0n) is 19.6. The zero-order chi connectivity index (χ0) is 25.9. The van der Waals surface area contributed by atoms with Crippen molar-refractivity contribution >= 4 is 40.2 Å². The molecular weight excluding hydrogens is 495 g/mol. The van der Waals surface area contributed by atoms with Gasteiger partial charge in [-0.05, 0) is 43.3 Å². The Labute approximate surface area is 216 Å². The van der Waals surface area contributed by atoms with Crippen molar-refractivity contribution in [3.8, 4) is 16.9 Å². The van der Waals surface area contributed by atoms with Crippen LogP contribution >= 0.6 is 11.6 Å². The number of nitrogens with zero attached hydrogens (tertiary/aromatic N) is 3. The van der Waals surface area contributed by atoms with Gasteiger partial charge in [-0.15, -0.1) is 0 Å². The van der Waals surface area contributed by atoms with E-state index in [4.69, 9.17) is 21.3 Å². The SMILES string of the molecule is Cc1nn(-c2ccccc2)c2nc(-c3ccccc3)cc(C(=O)OCC(=O)Nc3ccc(F)cc3Cl)c12. The number of benzene rings is 3. The molecule has 0 unspecified atom stereocenters. The number of para-hydroxylation sites is 1. The lowest BCUT2D eigenvalue weighted by Gasteiger charge is -2.10. The van der Waals surface area contributed by atoms with Crippen LogP contribution in [0, 0.1) is 12.7 Å². The standard InChI is InChI=1S/C28H20ClFN4O3/c1-17-26-21(28(36)37-16-25(35)31-23-13-12-19(30)14-22(23)29)15-24(18-8-4-2-5-9-18)32-27(26)34(33-17)20-10-6-3-7-11-20/h2-15H,16H2,1H3,(H,31,35). The lowest BCUT2D eigenvalue weighted by atomic mass is 10.1. The second-order valence-corrected chi connectivity index (χ2v) is 8.61. The van der Waals surface area contributed by atoms with Gasteiger partial charge < -0.3 is 10.1 Å². The third-order valence-electron chi connectivity index (χ3n) is 5.64. The number of hydrogen-bond acceptors (Lipinski definition) is 5. The van der Waals surface area contributed by atoms with Crippen molar-refractivity contribution in [3.63, 3.8) is 0 Å². The molecule has 0 bridgehead atoms. The van der Waals surface area contributed by atoms with Gasteiger partial charge in [0.15, 0.2) is 12.3 Å². The van der Waals surface area contributed by atoms with Crippen molar-refractivity contribution < 1.29 is 18.7 Å². The summed E-state index contributed by atoms with van der Waals surface area (Å²) >= 11 is 5.96. The molecule has 5 aromatic rings. The van der Waals surface area contributed by atoms with Crippen LogP contribution in [0.15, 0.2) is 84.9 Å². The highest BCUT2D eigenvalue weighted by Gasteiger charge is 2.22. The molecule has 0 saturated heterocycles. The van der Waals surface area contributed by atoms with Crippen LogP contribution in [-0.2, 0) is 9.53 Å². The molecule has 7 nitrogen and oxygen atoms in total. The molecule has 0 aliphatic carbocycles. The summed E-state index contributed by atoms with van der Waals surface area (Å²) in [6.07, 6.45) is 0. The molecule has 0 spiro atoms. The number of fused-ring (bicyclic) bond motifs is 1. The molecule has 9 heteroatoms. The van der Waals surface area contributed by atoms with Gasteiger partial charge in [-0.3, -0.25) is 4.79 Å². The van der Waals surface area contributed by atoms with Crippen molar-refractivity contribution in [2.75, 3.05) is 11.9 Å². The van der Waals surface area contributed by atoms with E-state index in [0.29, 0.717) is 22.4 Å². The van der Waals surface area contributed by atoms with Gasteiger partial charge in [0, 0.05) is 5.56 Å². The molecule has 0 aliphatic heterocycles. The van der Waals surface area contributed by atoms with Crippen LogP contribution in [0.25, 0.3) is 28.0 Å². The van der Waals surface area contributed by atoms with Gasteiger partial charge in [0.25, 0.3) is 5.91 Å². The Morgan fingerprint density at radius 2 is 1.70 bits per heavy atom. The zero-order valence-corrected chi connectivity index (χ0v) is 20.4. The van der Waals surface area contributed by atoms with Crippen LogP contribution in [0.5, 0.6) is 0 Å². The maximum Gasteiger partial charge on any atom is 0.339 e. The van der Waals surface area contributed by atoms with Crippen LogP contribution in [0.2, 0.25) is 5.02 Å². The van der Waals surface area contributed by atoms with E-state index in [-0.39, 0.29) is 16.3 Å². The first-order valence-electron chi connectivity index (χ1n) is 11.3.